The highest BCUT2D eigenvalue weighted by Crippen LogP contribution is 2.26. The standard InChI is InChI=1S/C12H17NO3/c1-4-9(13-2)12(15)8-5-6-11(16-3)10(14)7-8/h5-7,9,13-14H,4H2,1-3H3. The van der Waals surface area contributed by atoms with Crippen LogP contribution in [0.3, 0.4) is 0 Å². The zero-order chi connectivity index (χ0) is 12.1. The molecular formula is C12H17NO3. The first kappa shape index (κ1) is 12.5. The number of carbonyl (C=O) groups is 1. The fourth-order valence-corrected chi connectivity index (χ4v) is 1.57. The summed E-state index contributed by atoms with van der Waals surface area (Å²) in [7, 11) is 3.22. The molecule has 0 saturated carbocycles. The van der Waals surface area contributed by atoms with Crippen LogP contribution in [0.4, 0.5) is 0 Å². The van der Waals surface area contributed by atoms with Crippen molar-refractivity contribution >= 4 is 5.78 Å². The van der Waals surface area contributed by atoms with Gasteiger partial charge in [0, 0.05) is 5.56 Å². The van der Waals surface area contributed by atoms with Gasteiger partial charge in [-0.1, -0.05) is 6.92 Å². The number of phenols is 1. The molecule has 0 aliphatic rings. The van der Waals surface area contributed by atoms with Crippen LogP contribution < -0.4 is 10.1 Å². The number of phenolic OH excluding ortho intramolecular Hbond substituents is 1. The largest absolute Gasteiger partial charge is 0.504 e. The zero-order valence-corrected chi connectivity index (χ0v) is 9.78. The highest BCUT2D eigenvalue weighted by atomic mass is 16.5. The summed E-state index contributed by atoms with van der Waals surface area (Å²) in [6.07, 6.45) is 0.710. The van der Waals surface area contributed by atoms with E-state index in [2.05, 4.69) is 5.32 Å². The van der Waals surface area contributed by atoms with Crippen molar-refractivity contribution in [2.75, 3.05) is 14.2 Å². The first-order valence-electron chi connectivity index (χ1n) is 5.22. The minimum Gasteiger partial charge on any atom is -0.504 e. The SMILES string of the molecule is CCC(NC)C(=O)c1ccc(OC)c(O)c1. The molecule has 1 aromatic carbocycles. The van der Waals surface area contributed by atoms with Crippen LogP contribution in [0.1, 0.15) is 23.7 Å². The number of ketones is 1. The van der Waals surface area contributed by atoms with E-state index in [1.807, 2.05) is 6.92 Å². The lowest BCUT2D eigenvalue weighted by Gasteiger charge is -2.13. The van der Waals surface area contributed by atoms with Crippen molar-refractivity contribution in [2.45, 2.75) is 19.4 Å². The summed E-state index contributed by atoms with van der Waals surface area (Å²) in [6.45, 7) is 1.93. The van der Waals surface area contributed by atoms with Crippen LogP contribution in [-0.4, -0.2) is 31.1 Å². The molecule has 1 rings (SSSR count). The van der Waals surface area contributed by atoms with E-state index in [0.29, 0.717) is 17.7 Å². The second kappa shape index (κ2) is 5.51. The molecule has 0 radical (unpaired) electrons. The molecule has 0 aliphatic heterocycles. The highest BCUT2D eigenvalue weighted by Gasteiger charge is 2.17. The Morgan fingerprint density at radius 3 is 2.69 bits per heavy atom. The van der Waals surface area contributed by atoms with Crippen LogP contribution in [0.25, 0.3) is 0 Å². The van der Waals surface area contributed by atoms with Gasteiger partial charge in [-0.05, 0) is 31.7 Å². The lowest BCUT2D eigenvalue weighted by atomic mass is 10.0. The van der Waals surface area contributed by atoms with Gasteiger partial charge < -0.3 is 15.2 Å². The number of hydrogen-bond donors (Lipinski definition) is 2. The molecule has 0 aromatic heterocycles. The molecule has 0 amide bonds. The third-order valence-electron chi connectivity index (χ3n) is 2.54. The minimum atomic E-state index is -0.215. The van der Waals surface area contributed by atoms with Gasteiger partial charge in [0.2, 0.25) is 0 Å². The highest BCUT2D eigenvalue weighted by molar-refractivity contribution is 6.00. The van der Waals surface area contributed by atoms with Crippen LogP contribution in [0.2, 0.25) is 0 Å². The molecule has 4 heteroatoms. The van der Waals surface area contributed by atoms with Gasteiger partial charge in [0.05, 0.1) is 13.2 Å². The fourth-order valence-electron chi connectivity index (χ4n) is 1.57. The van der Waals surface area contributed by atoms with Crippen LogP contribution >= 0.6 is 0 Å². The van der Waals surface area contributed by atoms with Gasteiger partial charge >= 0.3 is 0 Å². The van der Waals surface area contributed by atoms with E-state index in [1.54, 1.807) is 19.2 Å². The van der Waals surface area contributed by atoms with Crippen molar-refractivity contribution in [3.63, 3.8) is 0 Å². The Labute approximate surface area is 95.2 Å². The van der Waals surface area contributed by atoms with Crippen molar-refractivity contribution in [1.82, 2.24) is 5.32 Å². The number of ether oxygens (including phenoxy) is 1. The van der Waals surface area contributed by atoms with Crippen LogP contribution in [0.15, 0.2) is 18.2 Å². The van der Waals surface area contributed by atoms with Gasteiger partial charge in [-0.3, -0.25) is 4.79 Å². The van der Waals surface area contributed by atoms with Gasteiger partial charge in [0.15, 0.2) is 17.3 Å². The van der Waals surface area contributed by atoms with Crippen LogP contribution in [0, 0.1) is 0 Å². The third kappa shape index (κ3) is 2.52. The first-order valence-corrected chi connectivity index (χ1v) is 5.22. The lowest BCUT2D eigenvalue weighted by Crippen LogP contribution is -2.33. The van der Waals surface area contributed by atoms with Crippen molar-refractivity contribution in [1.29, 1.82) is 0 Å². The molecule has 1 aromatic rings. The predicted octanol–water partition coefficient (Wildman–Crippen LogP) is 1.58. The van der Waals surface area contributed by atoms with Gasteiger partial charge in [0.25, 0.3) is 0 Å². The smallest absolute Gasteiger partial charge is 0.179 e. The second-order valence-corrected chi connectivity index (χ2v) is 3.50. The van der Waals surface area contributed by atoms with E-state index in [0.717, 1.165) is 0 Å². The molecule has 88 valence electrons. The Morgan fingerprint density at radius 1 is 1.56 bits per heavy atom. The molecule has 0 fully saturated rings. The molecule has 0 heterocycles. The van der Waals surface area contributed by atoms with E-state index in [9.17, 15) is 9.90 Å². The molecule has 0 saturated heterocycles. The maximum atomic E-state index is 11.9. The molecule has 1 unspecified atom stereocenters. The number of benzene rings is 1. The van der Waals surface area contributed by atoms with Gasteiger partial charge in [-0.15, -0.1) is 0 Å². The van der Waals surface area contributed by atoms with Crippen molar-refractivity contribution in [3.8, 4) is 11.5 Å². The molecule has 2 N–H and O–H groups in total. The monoisotopic (exact) mass is 223 g/mol. The Kier molecular flexibility index (Phi) is 4.31. The summed E-state index contributed by atoms with van der Waals surface area (Å²) in [6, 6.07) is 4.46. The van der Waals surface area contributed by atoms with E-state index in [-0.39, 0.29) is 17.6 Å². The summed E-state index contributed by atoms with van der Waals surface area (Å²) in [4.78, 5) is 11.9. The summed E-state index contributed by atoms with van der Waals surface area (Å²) < 4.78 is 4.92. The Balaban J connectivity index is 2.96. The number of nitrogens with one attached hydrogen (secondary N) is 1. The topological polar surface area (TPSA) is 58.6 Å². The summed E-state index contributed by atoms with van der Waals surface area (Å²) in [5.41, 5.74) is 0.486. The lowest BCUT2D eigenvalue weighted by molar-refractivity contribution is 0.0944. The number of hydrogen-bond acceptors (Lipinski definition) is 4. The van der Waals surface area contributed by atoms with E-state index >= 15 is 0 Å². The Bertz CT molecular complexity index is 373. The second-order valence-electron chi connectivity index (χ2n) is 3.50. The number of rotatable bonds is 5. The maximum Gasteiger partial charge on any atom is 0.179 e. The molecule has 0 aliphatic carbocycles. The first-order chi connectivity index (χ1) is 7.63. The molecular weight excluding hydrogens is 206 g/mol. The number of aromatic hydroxyl groups is 1. The molecule has 0 bridgehead atoms. The fraction of sp³-hybridized carbons (Fsp3) is 0.417. The number of likely N-dealkylation sites (N-methyl/N-ethyl adjacent to an activating group) is 1. The number of methoxy groups -OCH3 is 1. The quantitative estimate of drug-likeness (QED) is 0.744. The molecule has 1 atom stereocenters. The molecule has 16 heavy (non-hydrogen) atoms. The predicted molar refractivity (Wildman–Crippen MR) is 62.1 cm³/mol. The van der Waals surface area contributed by atoms with Crippen molar-refractivity contribution in [3.05, 3.63) is 23.8 Å². The summed E-state index contributed by atoms with van der Waals surface area (Å²) >= 11 is 0. The van der Waals surface area contributed by atoms with E-state index < -0.39 is 0 Å². The average molecular weight is 223 g/mol. The summed E-state index contributed by atoms with van der Waals surface area (Å²) in [5, 5.41) is 12.5. The van der Waals surface area contributed by atoms with Gasteiger partial charge in [0.1, 0.15) is 0 Å². The van der Waals surface area contributed by atoms with Crippen molar-refractivity contribution in [2.24, 2.45) is 0 Å². The Morgan fingerprint density at radius 2 is 2.25 bits per heavy atom. The van der Waals surface area contributed by atoms with Gasteiger partial charge in [-0.2, -0.15) is 0 Å². The van der Waals surface area contributed by atoms with Crippen molar-refractivity contribution < 1.29 is 14.6 Å². The summed E-state index contributed by atoms with van der Waals surface area (Å²) in [5.74, 6) is 0.330. The van der Waals surface area contributed by atoms with E-state index in [4.69, 9.17) is 4.74 Å². The maximum absolute atomic E-state index is 11.9. The van der Waals surface area contributed by atoms with Crippen LogP contribution in [0.5, 0.6) is 11.5 Å². The van der Waals surface area contributed by atoms with E-state index in [1.165, 1.54) is 13.2 Å². The average Bonchev–Trinajstić information content (AvgIpc) is 2.30. The number of carbonyl (C=O) groups excluding carboxylic acids is 1. The van der Waals surface area contributed by atoms with Gasteiger partial charge in [-0.25, -0.2) is 0 Å². The Hall–Kier alpha value is -1.55. The molecule has 0 spiro atoms. The normalized spacial score (nSPS) is 12.2. The number of Topliss-reactive ketones (excluding diaryl/α,β-unsaturated/α-hetero) is 1. The minimum absolute atomic E-state index is 0.0145. The van der Waals surface area contributed by atoms with Crippen LogP contribution in [-0.2, 0) is 0 Å². The molecule has 4 nitrogen and oxygen atoms in total. The zero-order valence-electron chi connectivity index (χ0n) is 9.78. The third-order valence-corrected chi connectivity index (χ3v) is 2.54.